The summed E-state index contributed by atoms with van der Waals surface area (Å²) in [5.74, 6) is 0.669. The molecule has 1 aliphatic rings. The van der Waals surface area contributed by atoms with E-state index in [0.717, 1.165) is 38.5 Å². The number of aliphatic hydroxyl groups excluding tert-OH is 1. The summed E-state index contributed by atoms with van der Waals surface area (Å²) >= 11 is 0. The number of likely N-dealkylation sites (tertiary alicyclic amines) is 1. The first-order valence-corrected chi connectivity index (χ1v) is 7.59. The van der Waals surface area contributed by atoms with E-state index in [-0.39, 0.29) is 6.61 Å². The van der Waals surface area contributed by atoms with Crippen LogP contribution in [-0.2, 0) is 17.8 Å². The van der Waals surface area contributed by atoms with Gasteiger partial charge in [0.05, 0.1) is 25.5 Å². The van der Waals surface area contributed by atoms with Gasteiger partial charge < -0.3 is 9.84 Å². The van der Waals surface area contributed by atoms with E-state index in [1.165, 1.54) is 17.7 Å². The Balaban J connectivity index is 1.94. The van der Waals surface area contributed by atoms with Crippen LogP contribution in [0.15, 0.2) is 0 Å². The Morgan fingerprint density at radius 3 is 2.90 bits per heavy atom. The SMILES string of the molecule is CCOCC1CCN(Cc2c(C)nn(CCO)c2C)C1. The Bertz CT molecular complexity index is 431. The number of nitrogens with zero attached hydrogens (tertiary/aromatic N) is 3. The number of hydrogen-bond donors (Lipinski definition) is 1. The average molecular weight is 281 g/mol. The maximum atomic E-state index is 9.06. The first-order valence-electron chi connectivity index (χ1n) is 7.59. The normalized spacial score (nSPS) is 19.9. The second-order valence-electron chi connectivity index (χ2n) is 5.65. The highest BCUT2D eigenvalue weighted by Gasteiger charge is 2.24. The molecule has 5 heteroatoms. The predicted molar refractivity (Wildman–Crippen MR) is 78.7 cm³/mol. The summed E-state index contributed by atoms with van der Waals surface area (Å²) in [5, 5.41) is 13.6. The van der Waals surface area contributed by atoms with Crippen molar-refractivity contribution in [1.29, 1.82) is 0 Å². The Morgan fingerprint density at radius 2 is 2.20 bits per heavy atom. The van der Waals surface area contributed by atoms with E-state index in [2.05, 4.69) is 30.8 Å². The number of rotatable bonds is 7. The summed E-state index contributed by atoms with van der Waals surface area (Å²) < 4.78 is 7.44. The largest absolute Gasteiger partial charge is 0.394 e. The third-order valence-corrected chi connectivity index (χ3v) is 4.15. The highest BCUT2D eigenvalue weighted by molar-refractivity contribution is 5.24. The fraction of sp³-hybridized carbons (Fsp3) is 0.800. The Hall–Kier alpha value is -0.910. The monoisotopic (exact) mass is 281 g/mol. The highest BCUT2D eigenvalue weighted by Crippen LogP contribution is 2.22. The van der Waals surface area contributed by atoms with Crippen molar-refractivity contribution in [1.82, 2.24) is 14.7 Å². The van der Waals surface area contributed by atoms with Gasteiger partial charge in [0, 0.05) is 31.0 Å². The maximum Gasteiger partial charge on any atom is 0.0644 e. The van der Waals surface area contributed by atoms with Crippen molar-refractivity contribution >= 4 is 0 Å². The minimum absolute atomic E-state index is 0.140. The summed E-state index contributed by atoms with van der Waals surface area (Å²) in [5.41, 5.74) is 3.59. The van der Waals surface area contributed by atoms with Crippen molar-refractivity contribution in [2.75, 3.05) is 32.9 Å². The quantitative estimate of drug-likeness (QED) is 0.819. The molecule has 0 aliphatic carbocycles. The average Bonchev–Trinajstić information content (AvgIpc) is 2.98. The smallest absolute Gasteiger partial charge is 0.0644 e. The molecule has 20 heavy (non-hydrogen) atoms. The van der Waals surface area contributed by atoms with Gasteiger partial charge in [0.1, 0.15) is 0 Å². The van der Waals surface area contributed by atoms with Gasteiger partial charge in [-0.25, -0.2) is 0 Å². The summed E-state index contributed by atoms with van der Waals surface area (Å²) in [4.78, 5) is 2.49. The Labute approximate surface area is 121 Å². The van der Waals surface area contributed by atoms with Gasteiger partial charge in [-0.3, -0.25) is 9.58 Å². The molecule has 1 saturated heterocycles. The van der Waals surface area contributed by atoms with Gasteiger partial charge >= 0.3 is 0 Å². The molecule has 1 atom stereocenters. The molecule has 1 N–H and O–H groups in total. The van der Waals surface area contributed by atoms with Gasteiger partial charge in [0.25, 0.3) is 0 Å². The van der Waals surface area contributed by atoms with Gasteiger partial charge in [-0.2, -0.15) is 5.10 Å². The number of aromatic nitrogens is 2. The standard InChI is InChI=1S/C15H27N3O2/c1-4-20-11-14-5-6-17(9-14)10-15-12(2)16-18(7-8-19)13(15)3/h14,19H,4-11H2,1-3H3. The molecule has 2 rings (SSSR count). The number of hydrogen-bond acceptors (Lipinski definition) is 4. The molecular weight excluding hydrogens is 254 g/mol. The van der Waals surface area contributed by atoms with Crippen molar-refractivity contribution in [2.45, 2.75) is 40.3 Å². The van der Waals surface area contributed by atoms with Crippen LogP contribution >= 0.6 is 0 Å². The first-order chi connectivity index (χ1) is 9.65. The maximum absolute atomic E-state index is 9.06. The molecule has 0 saturated carbocycles. The van der Waals surface area contributed by atoms with E-state index < -0.39 is 0 Å². The van der Waals surface area contributed by atoms with Crippen molar-refractivity contribution in [3.05, 3.63) is 17.0 Å². The Morgan fingerprint density at radius 1 is 1.40 bits per heavy atom. The third kappa shape index (κ3) is 3.59. The molecule has 1 aromatic rings. The fourth-order valence-electron chi connectivity index (χ4n) is 2.98. The van der Waals surface area contributed by atoms with E-state index in [1.807, 2.05) is 4.68 Å². The molecular formula is C15H27N3O2. The molecule has 5 nitrogen and oxygen atoms in total. The summed E-state index contributed by atoms with van der Waals surface area (Å²) in [6.45, 7) is 11.8. The number of aliphatic hydroxyl groups is 1. The molecule has 0 amide bonds. The minimum Gasteiger partial charge on any atom is -0.394 e. The van der Waals surface area contributed by atoms with Crippen LogP contribution in [0.25, 0.3) is 0 Å². The summed E-state index contributed by atoms with van der Waals surface area (Å²) in [6, 6.07) is 0. The van der Waals surface area contributed by atoms with Gasteiger partial charge in [-0.1, -0.05) is 0 Å². The summed E-state index contributed by atoms with van der Waals surface area (Å²) in [7, 11) is 0. The molecule has 0 spiro atoms. The van der Waals surface area contributed by atoms with E-state index in [4.69, 9.17) is 9.84 Å². The van der Waals surface area contributed by atoms with Crippen LogP contribution in [-0.4, -0.2) is 52.7 Å². The van der Waals surface area contributed by atoms with Crippen LogP contribution in [0.2, 0.25) is 0 Å². The first kappa shape index (κ1) is 15.5. The number of ether oxygens (including phenoxy) is 1. The molecule has 114 valence electrons. The van der Waals surface area contributed by atoms with Crippen molar-refractivity contribution in [2.24, 2.45) is 5.92 Å². The second kappa shape index (κ2) is 7.20. The van der Waals surface area contributed by atoms with Gasteiger partial charge in [-0.15, -0.1) is 0 Å². The minimum atomic E-state index is 0.140. The van der Waals surface area contributed by atoms with Crippen molar-refractivity contribution < 1.29 is 9.84 Å². The van der Waals surface area contributed by atoms with Gasteiger partial charge in [-0.05, 0) is 39.7 Å². The highest BCUT2D eigenvalue weighted by atomic mass is 16.5. The van der Waals surface area contributed by atoms with Crippen LogP contribution in [0.1, 0.15) is 30.3 Å². The third-order valence-electron chi connectivity index (χ3n) is 4.15. The molecule has 1 unspecified atom stereocenters. The lowest BCUT2D eigenvalue weighted by Gasteiger charge is -2.16. The zero-order valence-corrected chi connectivity index (χ0v) is 12.9. The molecule has 0 bridgehead atoms. The second-order valence-corrected chi connectivity index (χ2v) is 5.65. The lowest BCUT2D eigenvalue weighted by Crippen LogP contribution is -2.22. The van der Waals surface area contributed by atoms with Crippen LogP contribution in [0.5, 0.6) is 0 Å². The van der Waals surface area contributed by atoms with Gasteiger partial charge in [0.15, 0.2) is 0 Å². The fourth-order valence-corrected chi connectivity index (χ4v) is 2.98. The zero-order valence-electron chi connectivity index (χ0n) is 12.9. The lowest BCUT2D eigenvalue weighted by molar-refractivity contribution is 0.111. The van der Waals surface area contributed by atoms with Crippen molar-refractivity contribution in [3.63, 3.8) is 0 Å². The van der Waals surface area contributed by atoms with E-state index in [1.54, 1.807) is 0 Å². The van der Waals surface area contributed by atoms with E-state index in [9.17, 15) is 0 Å². The lowest BCUT2D eigenvalue weighted by atomic mass is 10.1. The van der Waals surface area contributed by atoms with E-state index >= 15 is 0 Å². The molecule has 2 heterocycles. The molecule has 0 aromatic carbocycles. The molecule has 1 aliphatic heterocycles. The van der Waals surface area contributed by atoms with E-state index in [0.29, 0.717) is 12.5 Å². The van der Waals surface area contributed by atoms with Gasteiger partial charge in [0.2, 0.25) is 0 Å². The van der Waals surface area contributed by atoms with Crippen LogP contribution in [0, 0.1) is 19.8 Å². The zero-order chi connectivity index (χ0) is 14.5. The summed E-state index contributed by atoms with van der Waals surface area (Å²) in [6.07, 6.45) is 1.23. The van der Waals surface area contributed by atoms with Crippen LogP contribution < -0.4 is 0 Å². The van der Waals surface area contributed by atoms with Crippen LogP contribution in [0.4, 0.5) is 0 Å². The van der Waals surface area contributed by atoms with Crippen molar-refractivity contribution in [3.8, 4) is 0 Å². The molecule has 1 fully saturated rings. The molecule has 0 radical (unpaired) electrons. The Kier molecular flexibility index (Phi) is 5.57. The number of aryl methyl sites for hydroxylation is 1. The topological polar surface area (TPSA) is 50.5 Å². The molecule has 1 aromatic heterocycles. The predicted octanol–water partition coefficient (Wildman–Crippen LogP) is 1.35. The van der Waals surface area contributed by atoms with Crippen LogP contribution in [0.3, 0.4) is 0 Å².